The molecule has 2 aromatic carbocycles. The Morgan fingerprint density at radius 3 is 2.36 bits per heavy atom. The zero-order valence-corrected chi connectivity index (χ0v) is 19.0. The molecule has 0 aromatic heterocycles. The number of non-ortho nitro benzene ring substituents is 1. The number of rotatable bonds is 7. The molecule has 0 bridgehead atoms. The fraction of sp³-hybridized carbons (Fsp3) is 0.364. The molecule has 2 aromatic rings. The van der Waals surface area contributed by atoms with Crippen molar-refractivity contribution in [1.29, 1.82) is 0 Å². The Bertz CT molecular complexity index is 1160. The van der Waals surface area contributed by atoms with E-state index in [0.29, 0.717) is 13.1 Å². The highest BCUT2D eigenvalue weighted by atomic mass is 32.2. The average molecular weight is 476 g/mol. The first-order valence-corrected chi connectivity index (χ1v) is 12.0. The van der Waals surface area contributed by atoms with Gasteiger partial charge in [-0.05, 0) is 44.0 Å². The largest absolute Gasteiger partial charge is 0.462 e. The number of anilines is 1. The number of nitro benzene ring substituents is 1. The molecular weight excluding hydrogens is 450 g/mol. The molecule has 0 saturated carbocycles. The van der Waals surface area contributed by atoms with Gasteiger partial charge in [-0.25, -0.2) is 13.2 Å². The molecule has 176 valence electrons. The van der Waals surface area contributed by atoms with E-state index in [1.807, 2.05) is 0 Å². The van der Waals surface area contributed by atoms with Gasteiger partial charge in [-0.1, -0.05) is 18.9 Å². The van der Waals surface area contributed by atoms with Gasteiger partial charge in [0.05, 0.1) is 22.0 Å². The quantitative estimate of drug-likeness (QED) is 0.367. The van der Waals surface area contributed by atoms with E-state index in [-0.39, 0.29) is 28.3 Å². The van der Waals surface area contributed by atoms with Crippen molar-refractivity contribution in [1.82, 2.24) is 4.31 Å². The van der Waals surface area contributed by atoms with Crippen LogP contribution in [0.2, 0.25) is 0 Å². The van der Waals surface area contributed by atoms with Gasteiger partial charge in [0, 0.05) is 36.5 Å². The van der Waals surface area contributed by atoms with Crippen molar-refractivity contribution in [3.8, 4) is 0 Å². The Balaban J connectivity index is 1.86. The molecule has 0 spiro atoms. The summed E-state index contributed by atoms with van der Waals surface area (Å²) in [6, 6.07) is 9.10. The zero-order chi connectivity index (χ0) is 24.0. The summed E-state index contributed by atoms with van der Waals surface area (Å²) in [5, 5.41) is 13.8. The van der Waals surface area contributed by atoms with E-state index in [1.54, 1.807) is 6.92 Å². The monoisotopic (exact) mass is 475 g/mol. The highest BCUT2D eigenvalue weighted by Gasteiger charge is 2.25. The lowest BCUT2D eigenvalue weighted by Gasteiger charge is -2.20. The van der Waals surface area contributed by atoms with Crippen LogP contribution >= 0.6 is 0 Å². The van der Waals surface area contributed by atoms with Crippen LogP contribution in [0.4, 0.5) is 11.4 Å². The third-order valence-electron chi connectivity index (χ3n) is 5.20. The third-order valence-corrected chi connectivity index (χ3v) is 7.09. The second kappa shape index (κ2) is 10.5. The summed E-state index contributed by atoms with van der Waals surface area (Å²) in [7, 11) is -3.72. The summed E-state index contributed by atoms with van der Waals surface area (Å²) in [6.07, 6.45) is 3.56. The van der Waals surface area contributed by atoms with Crippen molar-refractivity contribution in [3.63, 3.8) is 0 Å². The number of benzene rings is 2. The number of hydrogen-bond donors (Lipinski definition) is 1. The minimum absolute atomic E-state index is 0.0495. The molecule has 1 N–H and O–H groups in total. The van der Waals surface area contributed by atoms with Crippen molar-refractivity contribution in [3.05, 3.63) is 63.7 Å². The van der Waals surface area contributed by atoms with Gasteiger partial charge in [-0.15, -0.1) is 0 Å². The van der Waals surface area contributed by atoms with E-state index in [0.717, 1.165) is 37.8 Å². The van der Waals surface area contributed by atoms with E-state index in [9.17, 15) is 28.1 Å². The van der Waals surface area contributed by atoms with Gasteiger partial charge in [-0.3, -0.25) is 14.9 Å². The lowest BCUT2D eigenvalue weighted by Crippen LogP contribution is -2.32. The zero-order valence-electron chi connectivity index (χ0n) is 18.2. The maximum atomic E-state index is 13.0. The maximum absolute atomic E-state index is 13.0. The van der Waals surface area contributed by atoms with Gasteiger partial charge < -0.3 is 10.1 Å². The Hall–Kier alpha value is -3.31. The number of carbonyl (C=O) groups is 2. The lowest BCUT2D eigenvalue weighted by molar-refractivity contribution is -0.384. The summed E-state index contributed by atoms with van der Waals surface area (Å²) in [5.41, 5.74) is -0.495. The average Bonchev–Trinajstić information content (AvgIpc) is 3.09. The molecular formula is C22H25N3O7S. The highest BCUT2D eigenvalue weighted by Crippen LogP contribution is 2.24. The van der Waals surface area contributed by atoms with Gasteiger partial charge >= 0.3 is 5.97 Å². The molecule has 3 rings (SSSR count). The van der Waals surface area contributed by atoms with E-state index < -0.39 is 32.5 Å². The number of hydrogen-bond acceptors (Lipinski definition) is 7. The number of nitro groups is 1. The van der Waals surface area contributed by atoms with Crippen molar-refractivity contribution >= 4 is 33.3 Å². The Kier molecular flexibility index (Phi) is 7.77. The maximum Gasteiger partial charge on any atom is 0.338 e. The molecule has 33 heavy (non-hydrogen) atoms. The molecule has 1 amide bonds. The lowest BCUT2D eigenvalue weighted by atomic mass is 10.1. The Morgan fingerprint density at radius 1 is 1.06 bits per heavy atom. The SMILES string of the molecule is CCOC(=O)c1cc(C(=O)Nc2cccc(S(=O)(=O)N3CCCCCC3)c2)cc([N+](=O)[O-])c1. The number of sulfonamides is 1. The first-order valence-electron chi connectivity index (χ1n) is 10.6. The summed E-state index contributed by atoms with van der Waals surface area (Å²) in [6.45, 7) is 2.56. The molecule has 0 atom stereocenters. The van der Waals surface area contributed by atoms with Crippen LogP contribution in [0.5, 0.6) is 0 Å². The summed E-state index contributed by atoms with van der Waals surface area (Å²) in [5.74, 6) is -1.52. The van der Waals surface area contributed by atoms with E-state index >= 15 is 0 Å². The molecule has 1 heterocycles. The van der Waals surface area contributed by atoms with Crippen molar-refractivity contribution in [2.45, 2.75) is 37.5 Å². The molecule has 0 unspecified atom stereocenters. The van der Waals surface area contributed by atoms with Crippen LogP contribution in [0, 0.1) is 10.1 Å². The molecule has 0 radical (unpaired) electrons. The number of nitrogens with zero attached hydrogens (tertiary/aromatic N) is 2. The van der Waals surface area contributed by atoms with Crippen LogP contribution in [0.1, 0.15) is 53.3 Å². The topological polar surface area (TPSA) is 136 Å². The molecule has 0 aliphatic carbocycles. The second-order valence-electron chi connectivity index (χ2n) is 7.55. The number of ether oxygens (including phenoxy) is 1. The van der Waals surface area contributed by atoms with E-state index in [2.05, 4.69) is 5.32 Å². The summed E-state index contributed by atoms with van der Waals surface area (Å²) in [4.78, 5) is 35.4. The van der Waals surface area contributed by atoms with Crippen LogP contribution in [0.15, 0.2) is 47.4 Å². The standard InChI is InChI=1S/C22H25N3O7S/c1-2-32-22(27)17-12-16(13-19(14-17)25(28)29)21(26)23-18-8-7-9-20(15-18)33(30,31)24-10-5-3-4-6-11-24/h7-9,12-15H,2-6,10-11H2,1H3,(H,23,26). The van der Waals surface area contributed by atoms with Crippen LogP contribution in [0.3, 0.4) is 0 Å². The van der Waals surface area contributed by atoms with Crippen molar-refractivity contribution in [2.75, 3.05) is 25.0 Å². The molecule has 1 aliphatic heterocycles. The predicted molar refractivity (Wildman–Crippen MR) is 121 cm³/mol. The Labute approximate surface area is 191 Å². The molecule has 11 heteroatoms. The first-order chi connectivity index (χ1) is 15.7. The molecule has 1 fully saturated rings. The number of amides is 1. The normalized spacial score (nSPS) is 14.8. The minimum Gasteiger partial charge on any atom is -0.462 e. The summed E-state index contributed by atoms with van der Waals surface area (Å²) >= 11 is 0. The third kappa shape index (κ3) is 5.93. The number of esters is 1. The fourth-order valence-corrected chi connectivity index (χ4v) is 5.11. The van der Waals surface area contributed by atoms with Gasteiger partial charge in [0.2, 0.25) is 10.0 Å². The van der Waals surface area contributed by atoms with Crippen molar-refractivity contribution < 1.29 is 27.7 Å². The van der Waals surface area contributed by atoms with Gasteiger partial charge in [0.25, 0.3) is 11.6 Å². The highest BCUT2D eigenvalue weighted by molar-refractivity contribution is 7.89. The van der Waals surface area contributed by atoms with Crippen LogP contribution in [0.25, 0.3) is 0 Å². The first kappa shape index (κ1) is 24.3. The van der Waals surface area contributed by atoms with Gasteiger partial charge in [-0.2, -0.15) is 4.31 Å². The predicted octanol–water partition coefficient (Wildman–Crippen LogP) is 3.59. The van der Waals surface area contributed by atoms with Crippen molar-refractivity contribution in [2.24, 2.45) is 0 Å². The van der Waals surface area contributed by atoms with E-state index in [4.69, 9.17) is 4.74 Å². The van der Waals surface area contributed by atoms with Crippen LogP contribution in [-0.2, 0) is 14.8 Å². The van der Waals surface area contributed by atoms with Crippen LogP contribution < -0.4 is 5.32 Å². The number of carbonyl (C=O) groups excluding carboxylic acids is 2. The molecule has 10 nitrogen and oxygen atoms in total. The van der Waals surface area contributed by atoms with Crippen LogP contribution in [-0.4, -0.2) is 49.2 Å². The minimum atomic E-state index is -3.72. The fourth-order valence-electron chi connectivity index (χ4n) is 3.55. The van der Waals surface area contributed by atoms with Gasteiger partial charge in [0.1, 0.15) is 0 Å². The Morgan fingerprint density at radius 2 is 1.73 bits per heavy atom. The number of nitrogens with one attached hydrogen (secondary N) is 1. The smallest absolute Gasteiger partial charge is 0.338 e. The molecule has 1 aliphatic rings. The van der Waals surface area contributed by atoms with E-state index in [1.165, 1.54) is 34.6 Å². The van der Waals surface area contributed by atoms with Gasteiger partial charge in [0.15, 0.2) is 0 Å². The molecule has 1 saturated heterocycles. The second-order valence-corrected chi connectivity index (χ2v) is 9.48. The summed E-state index contributed by atoms with van der Waals surface area (Å²) < 4.78 is 32.4.